The molecule has 2 fully saturated rings. The summed E-state index contributed by atoms with van der Waals surface area (Å²) < 4.78 is 61.9. The fourth-order valence-corrected chi connectivity index (χ4v) is 5.83. The number of rotatable bonds is 6. The number of benzene rings is 1. The van der Waals surface area contributed by atoms with Gasteiger partial charge in [-0.15, -0.1) is 0 Å². The number of Topliss-reactive ketones (excluding diaryl/α,β-unsaturated/α-hetero) is 1. The minimum Gasteiger partial charge on any atom is -0.387 e. The number of pyridine rings is 1. The number of nitrogens with two attached hydrogens (primary N) is 1. The largest absolute Gasteiger partial charge is 0.416 e. The molecule has 10 nitrogen and oxygen atoms in total. The Labute approximate surface area is 235 Å². The Morgan fingerprint density at radius 2 is 1.93 bits per heavy atom. The monoisotopic (exact) mass is 584 g/mol. The van der Waals surface area contributed by atoms with Crippen molar-refractivity contribution in [2.75, 3.05) is 25.6 Å². The highest BCUT2D eigenvalue weighted by molar-refractivity contribution is 5.98. The molecule has 2 aliphatic rings. The number of alkyl halides is 3. The number of halogens is 4. The van der Waals surface area contributed by atoms with Gasteiger partial charge >= 0.3 is 6.18 Å². The molecule has 0 spiro atoms. The van der Waals surface area contributed by atoms with Crippen LogP contribution in [0.4, 0.5) is 23.4 Å². The fraction of sp³-hybridized carbons (Fsp3) is 0.321. The molecule has 0 unspecified atom stereocenters. The lowest BCUT2D eigenvalue weighted by Crippen LogP contribution is -2.41. The van der Waals surface area contributed by atoms with Crippen molar-refractivity contribution in [1.82, 2.24) is 24.3 Å². The highest BCUT2D eigenvalue weighted by Crippen LogP contribution is 2.44. The van der Waals surface area contributed by atoms with Gasteiger partial charge in [0.1, 0.15) is 35.3 Å². The van der Waals surface area contributed by atoms with E-state index < -0.39 is 48.3 Å². The summed E-state index contributed by atoms with van der Waals surface area (Å²) in [5, 5.41) is 9.65. The predicted octanol–water partition coefficient (Wildman–Crippen LogP) is 3.24. The summed E-state index contributed by atoms with van der Waals surface area (Å²) in [4.78, 5) is 39.8. The molecule has 1 amide bonds. The lowest BCUT2D eigenvalue weighted by molar-refractivity contribution is -0.138. The van der Waals surface area contributed by atoms with E-state index in [2.05, 4.69) is 9.97 Å². The zero-order chi connectivity index (χ0) is 29.8. The number of imidazole rings is 1. The number of fused-ring (bicyclic) bond motifs is 2. The smallest absolute Gasteiger partial charge is 0.387 e. The van der Waals surface area contributed by atoms with E-state index in [-0.39, 0.29) is 40.3 Å². The number of carbonyl (C=O) groups is 2. The Morgan fingerprint density at radius 3 is 2.67 bits per heavy atom. The van der Waals surface area contributed by atoms with Crippen LogP contribution >= 0.6 is 0 Å². The van der Waals surface area contributed by atoms with Crippen molar-refractivity contribution in [1.29, 1.82) is 0 Å². The van der Waals surface area contributed by atoms with Gasteiger partial charge in [0.05, 0.1) is 37.3 Å². The highest BCUT2D eigenvalue weighted by Gasteiger charge is 2.48. The Bertz CT molecular complexity index is 1710. The van der Waals surface area contributed by atoms with Crippen molar-refractivity contribution in [2.24, 2.45) is 5.92 Å². The van der Waals surface area contributed by atoms with Gasteiger partial charge < -0.3 is 20.5 Å². The van der Waals surface area contributed by atoms with E-state index in [0.717, 1.165) is 24.4 Å². The molecule has 3 aromatic heterocycles. The van der Waals surface area contributed by atoms with Gasteiger partial charge in [-0.3, -0.25) is 19.0 Å². The van der Waals surface area contributed by atoms with Crippen LogP contribution in [0, 0.1) is 11.7 Å². The summed E-state index contributed by atoms with van der Waals surface area (Å²) in [5.41, 5.74) is 5.54. The van der Waals surface area contributed by atoms with Gasteiger partial charge in [-0.25, -0.2) is 14.4 Å². The Hall–Kier alpha value is -4.43. The molecule has 2 saturated heterocycles. The molecule has 0 saturated carbocycles. The van der Waals surface area contributed by atoms with Crippen LogP contribution in [-0.4, -0.2) is 66.9 Å². The highest BCUT2D eigenvalue weighted by atomic mass is 19.4. The standard InChI is InChI=1S/C28H24F4N6O4/c29-19-7-14(22(40)10-17-9-16(3-4-34-17)28(30,31)32)1-2-18(19)24-25-26(33)35-5-6-37(25)27(36-24)20-8-15-12-42-13-21(15)38(20)23(41)11-39/h1-7,9,15,20-21,39H,8,10-13H2,(H2,33,35)/t15-,20-,21+/m0/s1. The number of hydrogen-bond acceptors (Lipinski definition) is 8. The maximum Gasteiger partial charge on any atom is 0.416 e. The molecule has 3 N–H and O–H groups in total. The molecular weight excluding hydrogens is 560 g/mol. The average Bonchev–Trinajstić information content (AvgIpc) is 3.66. The number of carbonyl (C=O) groups excluding carboxylic acids is 2. The minimum absolute atomic E-state index is 0.00810. The molecule has 1 aromatic carbocycles. The number of ketones is 1. The van der Waals surface area contributed by atoms with Gasteiger partial charge in [0.25, 0.3) is 0 Å². The zero-order valence-corrected chi connectivity index (χ0v) is 21.9. The summed E-state index contributed by atoms with van der Waals surface area (Å²) in [6.07, 6.45) is -0.522. The molecule has 6 rings (SSSR count). The Morgan fingerprint density at radius 1 is 1.12 bits per heavy atom. The first-order valence-corrected chi connectivity index (χ1v) is 13.0. The third-order valence-electron chi connectivity index (χ3n) is 7.75. The number of ether oxygens (including phenoxy) is 1. The van der Waals surface area contributed by atoms with Crippen LogP contribution in [0.25, 0.3) is 16.8 Å². The van der Waals surface area contributed by atoms with Crippen molar-refractivity contribution >= 4 is 23.0 Å². The molecule has 218 valence electrons. The molecule has 0 bridgehead atoms. The normalized spacial score (nSPS) is 20.3. The zero-order valence-electron chi connectivity index (χ0n) is 21.9. The first-order valence-electron chi connectivity index (χ1n) is 13.0. The first kappa shape index (κ1) is 27.7. The summed E-state index contributed by atoms with van der Waals surface area (Å²) in [5.74, 6) is -1.42. The lowest BCUT2D eigenvalue weighted by Gasteiger charge is -2.28. The molecule has 14 heteroatoms. The molecule has 0 aliphatic carbocycles. The number of nitrogens with zero attached hydrogens (tertiary/aromatic N) is 5. The van der Waals surface area contributed by atoms with Crippen molar-refractivity contribution in [3.63, 3.8) is 0 Å². The van der Waals surface area contributed by atoms with Crippen LogP contribution in [0.2, 0.25) is 0 Å². The lowest BCUT2D eigenvalue weighted by atomic mass is 10.0. The number of aliphatic hydroxyl groups excluding tert-OH is 1. The SMILES string of the molecule is Nc1nccn2c([C@@H]3C[C@H]4COC[C@H]4N3C(=O)CO)nc(-c3ccc(C(=O)Cc4cc(C(F)(F)F)ccn4)cc3F)c12. The van der Waals surface area contributed by atoms with Crippen molar-refractivity contribution in [3.05, 3.63) is 77.4 Å². The van der Waals surface area contributed by atoms with Crippen LogP contribution in [0.3, 0.4) is 0 Å². The van der Waals surface area contributed by atoms with Crippen LogP contribution in [0.5, 0.6) is 0 Å². The van der Waals surface area contributed by atoms with Gasteiger partial charge in [-0.2, -0.15) is 13.2 Å². The van der Waals surface area contributed by atoms with Gasteiger partial charge in [0.2, 0.25) is 5.91 Å². The second-order valence-corrected chi connectivity index (χ2v) is 10.3. The molecule has 2 aliphatic heterocycles. The summed E-state index contributed by atoms with van der Waals surface area (Å²) in [6, 6.07) is 4.48. The molecule has 3 atom stereocenters. The van der Waals surface area contributed by atoms with Gasteiger partial charge in [0.15, 0.2) is 5.78 Å². The number of nitrogen functional groups attached to an aromatic ring is 1. The second kappa shape index (κ2) is 10.4. The number of anilines is 1. The topological polar surface area (TPSA) is 136 Å². The van der Waals surface area contributed by atoms with E-state index >= 15 is 4.39 Å². The Kier molecular flexibility index (Phi) is 6.89. The summed E-state index contributed by atoms with van der Waals surface area (Å²) in [7, 11) is 0. The van der Waals surface area contributed by atoms with Crippen LogP contribution in [-0.2, 0) is 22.1 Å². The maximum atomic E-state index is 15.6. The number of aromatic nitrogens is 4. The third kappa shape index (κ3) is 4.75. The van der Waals surface area contributed by atoms with Gasteiger partial charge in [0, 0.05) is 41.3 Å². The van der Waals surface area contributed by atoms with Crippen molar-refractivity contribution in [2.45, 2.75) is 31.1 Å². The van der Waals surface area contributed by atoms with Crippen LogP contribution < -0.4 is 5.73 Å². The van der Waals surface area contributed by atoms with Crippen molar-refractivity contribution in [3.8, 4) is 11.3 Å². The van der Waals surface area contributed by atoms with E-state index in [4.69, 9.17) is 15.5 Å². The van der Waals surface area contributed by atoms with E-state index in [0.29, 0.717) is 31.0 Å². The average molecular weight is 585 g/mol. The maximum absolute atomic E-state index is 15.6. The molecule has 5 heterocycles. The van der Waals surface area contributed by atoms with E-state index in [9.17, 15) is 27.9 Å². The second-order valence-electron chi connectivity index (χ2n) is 10.3. The quantitative estimate of drug-likeness (QED) is 0.261. The Balaban J connectivity index is 1.36. The fourth-order valence-electron chi connectivity index (χ4n) is 5.83. The first-order chi connectivity index (χ1) is 20.1. The predicted molar refractivity (Wildman–Crippen MR) is 139 cm³/mol. The summed E-state index contributed by atoms with van der Waals surface area (Å²) in [6.45, 7) is 0.0863. The van der Waals surface area contributed by atoms with E-state index in [1.54, 1.807) is 15.5 Å². The van der Waals surface area contributed by atoms with E-state index in [1.807, 2.05) is 0 Å². The van der Waals surface area contributed by atoms with Crippen molar-refractivity contribution < 1.29 is 37.0 Å². The molecule has 42 heavy (non-hydrogen) atoms. The molecular formula is C28H24F4N6O4. The number of likely N-dealkylation sites (tertiary alicyclic amines) is 1. The molecule has 4 aromatic rings. The van der Waals surface area contributed by atoms with Gasteiger partial charge in [-0.05, 0) is 30.7 Å². The third-order valence-corrected chi connectivity index (χ3v) is 7.75. The van der Waals surface area contributed by atoms with Gasteiger partial charge in [-0.1, -0.05) is 6.07 Å². The van der Waals surface area contributed by atoms with Crippen LogP contribution in [0.1, 0.15) is 39.9 Å². The number of hydrogen-bond donors (Lipinski definition) is 2. The molecule has 0 radical (unpaired) electrons. The summed E-state index contributed by atoms with van der Waals surface area (Å²) >= 11 is 0. The number of aliphatic hydroxyl groups is 1. The number of amides is 1. The van der Waals surface area contributed by atoms with E-state index in [1.165, 1.54) is 18.3 Å². The minimum atomic E-state index is -4.59. The van der Waals surface area contributed by atoms with Crippen LogP contribution in [0.15, 0.2) is 48.9 Å².